The second kappa shape index (κ2) is 14.8. The van der Waals surface area contributed by atoms with Gasteiger partial charge in [-0.05, 0) is 19.2 Å². The Balaban J connectivity index is 0.00000205. The normalized spacial score (nSPS) is 19.6. The van der Waals surface area contributed by atoms with Gasteiger partial charge in [-0.15, -0.1) is 12.8 Å². The quantitative estimate of drug-likeness (QED) is 0.368. The fourth-order valence-corrected chi connectivity index (χ4v) is 4.32. The Bertz CT molecular complexity index is 1110. The van der Waals surface area contributed by atoms with Gasteiger partial charge < -0.3 is 14.7 Å². The van der Waals surface area contributed by atoms with Crippen molar-refractivity contribution in [3.05, 3.63) is 47.3 Å². The molecule has 0 spiro atoms. The van der Waals surface area contributed by atoms with E-state index in [-0.39, 0.29) is 0 Å². The van der Waals surface area contributed by atoms with Crippen LogP contribution < -0.4 is 9.80 Å². The molecule has 0 saturated carbocycles. The maximum atomic E-state index is 12.2. The first-order valence-corrected chi connectivity index (χ1v) is 13.1. The number of terminal acetylenes is 1. The third kappa shape index (κ3) is 9.80. The first kappa shape index (κ1) is 30.3. The van der Waals surface area contributed by atoms with Crippen LogP contribution in [0.4, 0.5) is 25.1 Å². The lowest BCUT2D eigenvalue weighted by Crippen LogP contribution is -2.48. The molecule has 1 aliphatic carbocycles. The summed E-state index contributed by atoms with van der Waals surface area (Å²) >= 11 is 6.36. The maximum Gasteiger partial charge on any atom is 0.392 e. The number of likely N-dealkylation sites (N-methyl/N-ethyl adjacent to an activating group) is 1. The molecule has 1 aromatic rings. The fourth-order valence-electron chi connectivity index (χ4n) is 4.11. The molecule has 210 valence electrons. The number of anilines is 2. The van der Waals surface area contributed by atoms with Gasteiger partial charge in [0.25, 0.3) is 0 Å². The van der Waals surface area contributed by atoms with Crippen LogP contribution in [0.2, 0.25) is 0 Å². The lowest BCUT2D eigenvalue weighted by atomic mass is 10.2. The van der Waals surface area contributed by atoms with E-state index in [1.54, 1.807) is 0 Å². The SMILES string of the molecule is C#C.CN1CCN(c2nc(C3=CC=CCC(Cl)=C3)nc(N3CCN(C/N=C\C=C/CC(F)(F)F)CC3)n2)CC1. The van der Waals surface area contributed by atoms with Crippen molar-refractivity contribution in [1.82, 2.24) is 24.8 Å². The Morgan fingerprint density at radius 1 is 0.974 bits per heavy atom. The zero-order valence-electron chi connectivity index (χ0n) is 22.1. The summed E-state index contributed by atoms with van der Waals surface area (Å²) in [5, 5.41) is 0.727. The van der Waals surface area contributed by atoms with Crippen LogP contribution in [0.5, 0.6) is 0 Å². The number of aromatic nitrogens is 3. The number of aliphatic imine (C=N–C) groups is 1. The van der Waals surface area contributed by atoms with Crippen LogP contribution in [0.1, 0.15) is 18.7 Å². The summed E-state index contributed by atoms with van der Waals surface area (Å²) in [6.45, 7) is 6.91. The second-order valence-corrected chi connectivity index (χ2v) is 9.71. The van der Waals surface area contributed by atoms with Crippen LogP contribution in [0, 0.1) is 12.8 Å². The highest BCUT2D eigenvalue weighted by Crippen LogP contribution is 2.25. The molecule has 0 unspecified atom stereocenters. The Hall–Kier alpha value is -3.20. The van der Waals surface area contributed by atoms with Crippen LogP contribution in [-0.2, 0) is 0 Å². The second-order valence-electron chi connectivity index (χ2n) is 9.22. The van der Waals surface area contributed by atoms with Crippen molar-refractivity contribution in [3.63, 3.8) is 0 Å². The molecule has 2 saturated heterocycles. The molecule has 2 aliphatic heterocycles. The molecule has 1 aromatic heterocycles. The molecule has 0 aromatic carbocycles. The molecule has 0 radical (unpaired) electrons. The minimum absolute atomic E-state index is 0.432. The summed E-state index contributed by atoms with van der Waals surface area (Å²) in [7, 11) is 2.11. The Kier molecular flexibility index (Phi) is 11.5. The van der Waals surface area contributed by atoms with Gasteiger partial charge in [-0.25, -0.2) is 0 Å². The predicted octanol–water partition coefficient (Wildman–Crippen LogP) is 4.00. The Morgan fingerprint density at radius 3 is 2.21 bits per heavy atom. The number of alkyl halides is 3. The minimum atomic E-state index is -4.19. The fraction of sp³-hybridized carbons (Fsp3) is 0.481. The van der Waals surface area contributed by atoms with E-state index in [0.717, 1.165) is 55.9 Å². The molecule has 0 N–H and O–H groups in total. The summed E-state index contributed by atoms with van der Waals surface area (Å²) in [5.41, 5.74) is 0.851. The van der Waals surface area contributed by atoms with Crippen LogP contribution in [0.15, 0.2) is 46.5 Å². The first-order valence-electron chi connectivity index (χ1n) is 12.7. The van der Waals surface area contributed by atoms with Crippen molar-refractivity contribution in [2.75, 3.05) is 75.9 Å². The summed E-state index contributed by atoms with van der Waals surface area (Å²) in [5.74, 6) is 1.90. The van der Waals surface area contributed by atoms with Gasteiger partial charge >= 0.3 is 6.18 Å². The number of hydrogen-bond acceptors (Lipinski definition) is 8. The molecule has 2 fully saturated rings. The van der Waals surface area contributed by atoms with Crippen molar-refractivity contribution in [3.8, 4) is 12.8 Å². The van der Waals surface area contributed by atoms with Crippen molar-refractivity contribution < 1.29 is 13.2 Å². The van der Waals surface area contributed by atoms with Gasteiger partial charge in [0.2, 0.25) is 11.9 Å². The number of hydrogen-bond donors (Lipinski definition) is 0. The zero-order chi connectivity index (χ0) is 28.3. The van der Waals surface area contributed by atoms with E-state index in [0.29, 0.717) is 43.9 Å². The van der Waals surface area contributed by atoms with E-state index in [2.05, 4.69) is 44.5 Å². The summed E-state index contributed by atoms with van der Waals surface area (Å²) in [4.78, 5) is 27.5. The molecular weight excluding hydrogens is 529 g/mol. The van der Waals surface area contributed by atoms with Gasteiger partial charge in [-0.2, -0.15) is 28.1 Å². The van der Waals surface area contributed by atoms with E-state index < -0.39 is 12.6 Å². The Labute approximate surface area is 233 Å². The van der Waals surface area contributed by atoms with Crippen molar-refractivity contribution in [1.29, 1.82) is 0 Å². The lowest BCUT2D eigenvalue weighted by molar-refractivity contribution is -0.124. The summed E-state index contributed by atoms with van der Waals surface area (Å²) in [6.07, 6.45) is 15.2. The first-order chi connectivity index (χ1) is 18.8. The molecule has 3 heterocycles. The molecular formula is C27H34ClF3N8. The highest BCUT2D eigenvalue weighted by atomic mass is 35.5. The van der Waals surface area contributed by atoms with Gasteiger partial charge in [0.1, 0.15) is 0 Å². The molecule has 0 atom stereocenters. The van der Waals surface area contributed by atoms with Gasteiger partial charge in [0.15, 0.2) is 5.82 Å². The maximum absolute atomic E-state index is 12.2. The molecule has 0 bridgehead atoms. The highest BCUT2D eigenvalue weighted by molar-refractivity contribution is 6.30. The Morgan fingerprint density at radius 2 is 1.59 bits per heavy atom. The molecule has 0 amide bonds. The largest absolute Gasteiger partial charge is 0.392 e. The van der Waals surface area contributed by atoms with Crippen LogP contribution in [0.3, 0.4) is 0 Å². The molecule has 12 heteroatoms. The monoisotopic (exact) mass is 562 g/mol. The van der Waals surface area contributed by atoms with E-state index in [4.69, 9.17) is 26.6 Å². The average Bonchev–Trinajstić information content (AvgIpc) is 3.16. The summed E-state index contributed by atoms with van der Waals surface area (Å²) < 4.78 is 36.6. The van der Waals surface area contributed by atoms with E-state index in [9.17, 15) is 13.2 Å². The third-order valence-electron chi connectivity index (χ3n) is 6.31. The topological polar surface area (TPSA) is 64.0 Å². The van der Waals surface area contributed by atoms with E-state index >= 15 is 0 Å². The molecule has 8 nitrogen and oxygen atoms in total. The standard InChI is InChI=1S/C25H32ClF3N8.C2H2/c1-34-10-14-36(15-11-34)23-31-22(20-6-2-3-7-21(26)18-20)32-24(33-23)37-16-12-35(13-17-37)19-30-9-5-4-8-25(27,28)29;1-2/h2-6,9,18H,7-8,10-17,19H2,1H3;1-2H/b5-4-,30-9-;. The molecule has 39 heavy (non-hydrogen) atoms. The number of rotatable bonds is 7. The number of piperazine rings is 2. The van der Waals surface area contributed by atoms with Crippen molar-refractivity contribution in [2.45, 2.75) is 19.0 Å². The third-order valence-corrected chi connectivity index (χ3v) is 6.57. The predicted molar refractivity (Wildman–Crippen MR) is 152 cm³/mol. The van der Waals surface area contributed by atoms with Gasteiger partial charge in [-0.1, -0.05) is 35.9 Å². The molecule has 4 rings (SSSR count). The summed E-state index contributed by atoms with van der Waals surface area (Å²) in [6, 6.07) is 0. The smallest absolute Gasteiger partial charge is 0.338 e. The number of nitrogens with zero attached hydrogens (tertiary/aromatic N) is 8. The van der Waals surface area contributed by atoms with Gasteiger partial charge in [0, 0.05) is 75.6 Å². The molecule has 3 aliphatic rings. The van der Waals surface area contributed by atoms with Crippen LogP contribution in [0.25, 0.3) is 5.57 Å². The van der Waals surface area contributed by atoms with Crippen molar-refractivity contribution in [2.24, 2.45) is 4.99 Å². The van der Waals surface area contributed by atoms with E-state index in [1.165, 1.54) is 12.3 Å². The number of allylic oxidation sites excluding steroid dienone is 8. The minimum Gasteiger partial charge on any atom is -0.338 e. The highest BCUT2D eigenvalue weighted by Gasteiger charge is 2.25. The van der Waals surface area contributed by atoms with Crippen molar-refractivity contribution >= 4 is 35.3 Å². The van der Waals surface area contributed by atoms with Crippen LogP contribution >= 0.6 is 11.6 Å². The van der Waals surface area contributed by atoms with Crippen LogP contribution in [-0.4, -0.2) is 103 Å². The van der Waals surface area contributed by atoms with Gasteiger partial charge in [0.05, 0.1) is 13.1 Å². The van der Waals surface area contributed by atoms with E-state index in [1.807, 2.05) is 24.3 Å². The lowest BCUT2D eigenvalue weighted by Gasteiger charge is -2.35. The number of halogens is 4. The zero-order valence-corrected chi connectivity index (χ0v) is 22.8. The van der Waals surface area contributed by atoms with Gasteiger partial charge in [-0.3, -0.25) is 9.89 Å². The average molecular weight is 563 g/mol.